The van der Waals surface area contributed by atoms with Gasteiger partial charge in [0.1, 0.15) is 0 Å². The largest absolute Gasteiger partial charge is 0.356 e. The minimum absolute atomic E-state index is 0.794. The van der Waals surface area contributed by atoms with Crippen LogP contribution in [0.4, 0.5) is 0 Å². The van der Waals surface area contributed by atoms with Crippen molar-refractivity contribution in [3.05, 3.63) is 41.9 Å². The number of hydrogen-bond donors (Lipinski definition) is 1. The van der Waals surface area contributed by atoms with E-state index in [0.717, 1.165) is 18.4 Å². The van der Waals surface area contributed by atoms with Crippen molar-refractivity contribution >= 4 is 0 Å². The summed E-state index contributed by atoms with van der Waals surface area (Å²) in [5.41, 5.74) is 6.24. The molecule has 15 heavy (non-hydrogen) atoms. The van der Waals surface area contributed by atoms with E-state index in [9.17, 15) is 0 Å². The monoisotopic (exact) mass is 202 g/mol. The summed E-state index contributed by atoms with van der Waals surface area (Å²) >= 11 is 0. The van der Waals surface area contributed by atoms with E-state index in [0.29, 0.717) is 0 Å². The van der Waals surface area contributed by atoms with Crippen LogP contribution in [0.3, 0.4) is 0 Å². The molecule has 0 bridgehead atoms. The smallest absolute Gasteiger partial charge is 0.0938 e. The lowest BCUT2D eigenvalue weighted by atomic mass is 10.1. The Bertz CT molecular complexity index is 485. The molecule has 0 aromatic rings. The molecule has 0 aromatic heterocycles. The molecule has 1 aliphatic heterocycles. The van der Waals surface area contributed by atoms with Gasteiger partial charge in [-0.15, -0.1) is 0 Å². The second kappa shape index (κ2) is 4.28. The maximum absolute atomic E-state index is 4.44. The molecule has 0 saturated carbocycles. The number of hydrogen-bond acceptors (Lipinski definition) is 1. The van der Waals surface area contributed by atoms with Crippen LogP contribution in [-0.4, -0.2) is 17.7 Å². The highest BCUT2D eigenvalue weighted by atomic mass is 14.9. The zero-order valence-electron chi connectivity index (χ0n) is 8.98. The molecule has 0 atom stereocenters. The number of quaternary nitrogens is 1. The van der Waals surface area contributed by atoms with Gasteiger partial charge in [-0.2, -0.15) is 0 Å². The molecule has 0 saturated heterocycles. The van der Waals surface area contributed by atoms with Gasteiger partial charge in [0.15, 0.2) is 0 Å². The molecule has 1 aliphatic carbocycles. The van der Waals surface area contributed by atoms with Crippen molar-refractivity contribution in [2.24, 2.45) is 12.0 Å². The second-order valence-corrected chi connectivity index (χ2v) is 3.60. The molecule has 3 nitrogen and oxygen atoms in total. The van der Waals surface area contributed by atoms with E-state index in [4.69, 9.17) is 0 Å². The molecular formula is C12H16N3+. The standard InChI is InChI=1S/C12H15N3/c1-15-8-2-3-10-4-5-11(9-12(10)15)14-7-6-13/h2-5,8-9H,6-7,13H2,1H3/p+1. The van der Waals surface area contributed by atoms with E-state index in [1.807, 2.05) is 13.2 Å². The fraction of sp³-hybridized carbons (Fsp3) is 0.250. The Morgan fingerprint density at radius 3 is 3.00 bits per heavy atom. The molecule has 0 fully saturated rings. The van der Waals surface area contributed by atoms with E-state index in [2.05, 4.69) is 45.6 Å². The van der Waals surface area contributed by atoms with Crippen molar-refractivity contribution in [2.45, 2.75) is 0 Å². The molecule has 78 valence electrons. The maximum Gasteiger partial charge on any atom is 0.0938 e. The summed E-state index contributed by atoms with van der Waals surface area (Å²) in [6, 6.07) is 10.4. The van der Waals surface area contributed by atoms with Crippen molar-refractivity contribution in [1.29, 1.82) is 0 Å². The summed E-state index contributed by atoms with van der Waals surface area (Å²) in [6.45, 7) is 1.64. The Balaban J connectivity index is 2.55. The molecule has 2 aliphatic rings. The lowest BCUT2D eigenvalue weighted by Crippen LogP contribution is -2.51. The lowest BCUT2D eigenvalue weighted by Gasteiger charge is -2.10. The Morgan fingerprint density at radius 2 is 2.20 bits per heavy atom. The van der Waals surface area contributed by atoms with Crippen LogP contribution in [0.5, 0.6) is 0 Å². The van der Waals surface area contributed by atoms with Gasteiger partial charge in [-0.1, -0.05) is 12.1 Å². The number of pyridine rings is 1. The van der Waals surface area contributed by atoms with Gasteiger partial charge in [-0.3, -0.25) is 4.99 Å². The summed E-state index contributed by atoms with van der Waals surface area (Å²) in [6.07, 6.45) is 2.05. The molecule has 2 rings (SSSR count). The minimum atomic E-state index is 0.794. The Hall–Kier alpha value is -1.61. The minimum Gasteiger partial charge on any atom is -0.356 e. The van der Waals surface area contributed by atoms with Gasteiger partial charge >= 0.3 is 0 Å². The van der Waals surface area contributed by atoms with Gasteiger partial charge in [0.2, 0.25) is 0 Å². The van der Waals surface area contributed by atoms with Crippen LogP contribution in [0.2, 0.25) is 0 Å². The van der Waals surface area contributed by atoms with Crippen LogP contribution in [-0.2, 0) is 7.05 Å². The van der Waals surface area contributed by atoms with Gasteiger partial charge in [0, 0.05) is 18.9 Å². The van der Waals surface area contributed by atoms with Crippen LogP contribution < -0.4 is 11.1 Å². The van der Waals surface area contributed by atoms with Gasteiger partial charge in [-0.25, -0.2) is 0 Å². The van der Waals surface area contributed by atoms with Gasteiger partial charge in [-0.05, 0) is 23.8 Å². The van der Waals surface area contributed by atoms with Crippen LogP contribution in [0, 0.1) is 0 Å². The summed E-state index contributed by atoms with van der Waals surface area (Å²) in [5, 5.41) is 1.04. The first kappa shape index (κ1) is 9.93. The molecule has 0 unspecified atom stereocenters. The first-order chi connectivity index (χ1) is 7.31. The molecule has 1 heterocycles. The van der Waals surface area contributed by atoms with Crippen molar-refractivity contribution < 1.29 is 5.73 Å². The van der Waals surface area contributed by atoms with Gasteiger partial charge in [0.05, 0.1) is 18.4 Å². The van der Waals surface area contributed by atoms with Crippen LogP contribution in [0.1, 0.15) is 0 Å². The molecule has 3 N–H and O–H groups in total. The molecule has 3 heteroatoms. The number of aryl methyl sites for hydroxylation is 1. The average Bonchev–Trinajstić information content (AvgIpc) is 2.27. The Labute approximate surface area is 89.2 Å². The highest BCUT2D eigenvalue weighted by molar-refractivity contribution is 5.60. The summed E-state index contributed by atoms with van der Waals surface area (Å²) < 4.78 is 2.11. The first-order valence-corrected chi connectivity index (χ1v) is 5.16. The zero-order valence-corrected chi connectivity index (χ0v) is 8.98. The predicted molar refractivity (Wildman–Crippen MR) is 60.2 cm³/mol. The van der Waals surface area contributed by atoms with Crippen LogP contribution in [0.15, 0.2) is 41.5 Å². The topological polar surface area (TPSA) is 44.9 Å². The van der Waals surface area contributed by atoms with Gasteiger partial charge < -0.3 is 10.3 Å². The van der Waals surface area contributed by atoms with E-state index >= 15 is 0 Å². The van der Waals surface area contributed by atoms with E-state index in [1.54, 1.807) is 0 Å². The molecule has 0 aromatic carbocycles. The number of benzene rings is 1. The predicted octanol–water partition coefficient (Wildman–Crippen LogP) is 0.273. The lowest BCUT2D eigenvalue weighted by molar-refractivity contribution is -0.363. The summed E-state index contributed by atoms with van der Waals surface area (Å²) in [7, 11) is 2.05. The summed E-state index contributed by atoms with van der Waals surface area (Å²) in [5.74, 6) is 0. The number of nitrogens with zero attached hydrogens (tertiary/aromatic N) is 2. The third-order valence-electron chi connectivity index (χ3n) is 2.43. The SMILES string of the molecule is Cn1cccc2ccc(=NCC[NH3+])cc1-2. The number of rotatable bonds is 2. The third-order valence-corrected chi connectivity index (χ3v) is 2.43. The molecule has 0 amide bonds. The molecule has 0 radical (unpaired) electrons. The van der Waals surface area contributed by atoms with Crippen molar-refractivity contribution in [3.63, 3.8) is 0 Å². The van der Waals surface area contributed by atoms with E-state index < -0.39 is 0 Å². The summed E-state index contributed by atoms with van der Waals surface area (Å²) in [4.78, 5) is 4.44. The highest BCUT2D eigenvalue weighted by Gasteiger charge is 2.01. The fourth-order valence-corrected chi connectivity index (χ4v) is 1.64. The van der Waals surface area contributed by atoms with E-state index in [1.165, 1.54) is 11.3 Å². The van der Waals surface area contributed by atoms with Crippen molar-refractivity contribution in [1.82, 2.24) is 4.57 Å². The number of aromatic nitrogens is 1. The first-order valence-electron chi connectivity index (χ1n) is 5.16. The molecule has 0 spiro atoms. The van der Waals surface area contributed by atoms with Crippen molar-refractivity contribution in [2.75, 3.05) is 13.1 Å². The normalized spacial score (nSPS) is 12.3. The van der Waals surface area contributed by atoms with Crippen molar-refractivity contribution in [3.8, 4) is 11.3 Å². The van der Waals surface area contributed by atoms with E-state index in [-0.39, 0.29) is 0 Å². The Morgan fingerprint density at radius 1 is 1.33 bits per heavy atom. The maximum atomic E-state index is 4.44. The second-order valence-electron chi connectivity index (χ2n) is 3.60. The number of fused-ring (bicyclic) bond motifs is 1. The Kier molecular flexibility index (Phi) is 2.83. The van der Waals surface area contributed by atoms with Gasteiger partial charge in [0.25, 0.3) is 0 Å². The average molecular weight is 202 g/mol. The quantitative estimate of drug-likeness (QED) is 0.727. The molecular weight excluding hydrogens is 186 g/mol. The van der Waals surface area contributed by atoms with Crippen LogP contribution in [0.25, 0.3) is 11.3 Å². The zero-order chi connectivity index (χ0) is 10.7. The highest BCUT2D eigenvalue weighted by Crippen LogP contribution is 2.17. The third kappa shape index (κ3) is 2.07. The fourth-order valence-electron chi connectivity index (χ4n) is 1.64. The van der Waals surface area contributed by atoms with Crippen LogP contribution >= 0.6 is 0 Å².